The maximum Gasteiger partial charge on any atom is 0.179 e. The van der Waals surface area contributed by atoms with Crippen LogP contribution in [0.15, 0.2) is 28.7 Å². The Labute approximate surface area is 123 Å². The number of rotatable bonds is 4. The molecule has 1 aromatic carbocycles. The molecule has 104 valence electrons. The van der Waals surface area contributed by atoms with Crippen LogP contribution < -0.4 is 0 Å². The summed E-state index contributed by atoms with van der Waals surface area (Å²) in [5.74, 6) is 0.220. The molecule has 0 spiro atoms. The predicted molar refractivity (Wildman–Crippen MR) is 81.6 cm³/mol. The van der Waals surface area contributed by atoms with Crippen LogP contribution in [0.3, 0.4) is 0 Å². The minimum Gasteiger partial charge on any atom is -0.301 e. The van der Waals surface area contributed by atoms with Crippen LogP contribution in [0.2, 0.25) is 0 Å². The molecule has 3 nitrogen and oxygen atoms in total. The SMILES string of the molecule is CCN1CCN(C(C)C(=O)c2ccc(Br)cc2)CC1. The van der Waals surface area contributed by atoms with Crippen LogP contribution >= 0.6 is 15.9 Å². The fraction of sp³-hybridized carbons (Fsp3) is 0.533. The molecule has 1 aliphatic rings. The number of hydrogen-bond acceptors (Lipinski definition) is 3. The van der Waals surface area contributed by atoms with Crippen LogP contribution in [-0.4, -0.2) is 54.3 Å². The molecule has 0 radical (unpaired) electrons. The number of hydrogen-bond donors (Lipinski definition) is 0. The van der Waals surface area contributed by atoms with Gasteiger partial charge in [-0.1, -0.05) is 35.0 Å². The summed E-state index contributed by atoms with van der Waals surface area (Å²) >= 11 is 3.40. The van der Waals surface area contributed by atoms with Crippen molar-refractivity contribution in [1.29, 1.82) is 0 Å². The summed E-state index contributed by atoms with van der Waals surface area (Å²) in [6, 6.07) is 7.61. The molecule has 1 unspecified atom stereocenters. The maximum absolute atomic E-state index is 12.4. The molecular weight excluding hydrogens is 304 g/mol. The second-order valence-corrected chi connectivity index (χ2v) is 5.93. The molecule has 2 rings (SSSR count). The van der Waals surface area contributed by atoms with Gasteiger partial charge in [-0.15, -0.1) is 0 Å². The lowest BCUT2D eigenvalue weighted by Crippen LogP contribution is -2.51. The number of likely N-dealkylation sites (N-methyl/N-ethyl adjacent to an activating group) is 1. The monoisotopic (exact) mass is 324 g/mol. The minimum absolute atomic E-state index is 0.0276. The second kappa shape index (κ2) is 6.64. The van der Waals surface area contributed by atoms with E-state index in [0.717, 1.165) is 42.8 Å². The van der Waals surface area contributed by atoms with E-state index in [1.165, 1.54) is 0 Å². The smallest absolute Gasteiger partial charge is 0.179 e. The van der Waals surface area contributed by atoms with E-state index in [2.05, 4.69) is 32.7 Å². The van der Waals surface area contributed by atoms with Gasteiger partial charge in [-0.05, 0) is 25.6 Å². The standard InChI is InChI=1S/C15H21BrN2O/c1-3-17-8-10-18(11-9-17)12(2)15(19)13-4-6-14(16)7-5-13/h4-7,12H,3,8-11H2,1-2H3. The summed E-state index contributed by atoms with van der Waals surface area (Å²) in [7, 11) is 0. The van der Waals surface area contributed by atoms with E-state index < -0.39 is 0 Å². The van der Waals surface area contributed by atoms with E-state index in [1.54, 1.807) is 0 Å². The third kappa shape index (κ3) is 3.65. The highest BCUT2D eigenvalue weighted by Gasteiger charge is 2.25. The largest absolute Gasteiger partial charge is 0.301 e. The average Bonchev–Trinajstić information content (AvgIpc) is 2.46. The van der Waals surface area contributed by atoms with Crippen molar-refractivity contribution in [2.45, 2.75) is 19.9 Å². The van der Waals surface area contributed by atoms with Gasteiger partial charge in [0, 0.05) is 36.2 Å². The summed E-state index contributed by atoms with van der Waals surface area (Å²) in [5, 5.41) is 0. The molecule has 0 bridgehead atoms. The Morgan fingerprint density at radius 1 is 1.21 bits per heavy atom. The number of piperazine rings is 1. The first kappa shape index (κ1) is 14.7. The van der Waals surface area contributed by atoms with Crippen LogP contribution in [0.5, 0.6) is 0 Å². The molecule has 1 aromatic rings. The van der Waals surface area contributed by atoms with E-state index in [0.29, 0.717) is 0 Å². The molecule has 1 saturated heterocycles. The minimum atomic E-state index is -0.0276. The first-order chi connectivity index (χ1) is 9.11. The van der Waals surface area contributed by atoms with Gasteiger partial charge in [0.15, 0.2) is 5.78 Å². The van der Waals surface area contributed by atoms with Crippen LogP contribution in [0.4, 0.5) is 0 Å². The quantitative estimate of drug-likeness (QED) is 0.795. The molecule has 4 heteroatoms. The van der Waals surface area contributed by atoms with Crippen LogP contribution in [0.25, 0.3) is 0 Å². The molecule has 0 aliphatic carbocycles. The lowest BCUT2D eigenvalue weighted by Gasteiger charge is -2.37. The molecule has 1 fully saturated rings. The van der Waals surface area contributed by atoms with E-state index in [9.17, 15) is 4.79 Å². The zero-order valence-corrected chi connectivity index (χ0v) is 13.2. The van der Waals surface area contributed by atoms with E-state index in [4.69, 9.17) is 0 Å². The van der Waals surface area contributed by atoms with Crippen LogP contribution in [0.1, 0.15) is 24.2 Å². The van der Waals surface area contributed by atoms with Crippen molar-refractivity contribution in [3.05, 3.63) is 34.3 Å². The predicted octanol–water partition coefficient (Wildman–Crippen LogP) is 2.66. The summed E-state index contributed by atoms with van der Waals surface area (Å²) in [4.78, 5) is 17.1. The van der Waals surface area contributed by atoms with Gasteiger partial charge >= 0.3 is 0 Å². The lowest BCUT2D eigenvalue weighted by molar-refractivity contribution is 0.0710. The van der Waals surface area contributed by atoms with Gasteiger partial charge in [-0.2, -0.15) is 0 Å². The first-order valence-corrected chi connectivity index (χ1v) is 7.67. The van der Waals surface area contributed by atoms with Gasteiger partial charge in [0.1, 0.15) is 0 Å². The highest BCUT2D eigenvalue weighted by Crippen LogP contribution is 2.15. The number of carbonyl (C=O) groups is 1. The molecule has 1 aliphatic heterocycles. The van der Waals surface area contributed by atoms with Gasteiger partial charge in [0.2, 0.25) is 0 Å². The number of Topliss-reactive ketones (excluding diaryl/α,β-unsaturated/α-hetero) is 1. The normalized spacial score (nSPS) is 19.3. The van der Waals surface area contributed by atoms with Crippen LogP contribution in [-0.2, 0) is 0 Å². The maximum atomic E-state index is 12.4. The number of halogens is 1. The Morgan fingerprint density at radius 3 is 2.32 bits per heavy atom. The Balaban J connectivity index is 1.98. The van der Waals surface area contributed by atoms with Crippen molar-refractivity contribution in [2.24, 2.45) is 0 Å². The molecule has 1 atom stereocenters. The Bertz CT molecular complexity index is 424. The number of ketones is 1. The van der Waals surface area contributed by atoms with Gasteiger partial charge < -0.3 is 4.90 Å². The van der Waals surface area contributed by atoms with Crippen molar-refractivity contribution >= 4 is 21.7 Å². The molecule has 1 heterocycles. The molecule has 0 aromatic heterocycles. The summed E-state index contributed by atoms with van der Waals surface area (Å²) in [6.07, 6.45) is 0. The first-order valence-electron chi connectivity index (χ1n) is 6.88. The van der Waals surface area contributed by atoms with Crippen molar-refractivity contribution in [2.75, 3.05) is 32.7 Å². The van der Waals surface area contributed by atoms with Gasteiger partial charge in [-0.3, -0.25) is 9.69 Å². The average molecular weight is 325 g/mol. The van der Waals surface area contributed by atoms with Crippen molar-refractivity contribution in [3.8, 4) is 0 Å². The van der Waals surface area contributed by atoms with Crippen molar-refractivity contribution in [1.82, 2.24) is 9.80 Å². The van der Waals surface area contributed by atoms with Gasteiger partial charge in [0.25, 0.3) is 0 Å². The Kier molecular flexibility index (Phi) is 5.13. The number of nitrogens with zero attached hydrogens (tertiary/aromatic N) is 2. The Hall–Kier alpha value is -0.710. The number of carbonyl (C=O) groups excluding carboxylic acids is 1. The third-order valence-corrected chi connectivity index (χ3v) is 4.44. The highest BCUT2D eigenvalue weighted by atomic mass is 79.9. The summed E-state index contributed by atoms with van der Waals surface area (Å²) < 4.78 is 1.01. The summed E-state index contributed by atoms with van der Waals surface area (Å²) in [5.41, 5.74) is 0.800. The zero-order chi connectivity index (χ0) is 13.8. The molecule has 19 heavy (non-hydrogen) atoms. The van der Waals surface area contributed by atoms with Crippen molar-refractivity contribution < 1.29 is 4.79 Å². The van der Waals surface area contributed by atoms with Gasteiger partial charge in [-0.25, -0.2) is 0 Å². The highest BCUT2D eigenvalue weighted by molar-refractivity contribution is 9.10. The fourth-order valence-electron chi connectivity index (χ4n) is 2.49. The lowest BCUT2D eigenvalue weighted by atomic mass is 10.0. The van der Waals surface area contributed by atoms with E-state index in [-0.39, 0.29) is 11.8 Å². The second-order valence-electron chi connectivity index (χ2n) is 5.02. The van der Waals surface area contributed by atoms with Crippen LogP contribution in [0, 0.1) is 0 Å². The molecule has 0 N–H and O–H groups in total. The summed E-state index contributed by atoms with van der Waals surface area (Å²) in [6.45, 7) is 9.40. The molecule has 0 saturated carbocycles. The third-order valence-electron chi connectivity index (χ3n) is 3.91. The number of benzene rings is 1. The molecular formula is C15H21BrN2O. The fourth-order valence-corrected chi connectivity index (χ4v) is 2.75. The topological polar surface area (TPSA) is 23.6 Å². The van der Waals surface area contributed by atoms with Crippen molar-refractivity contribution in [3.63, 3.8) is 0 Å². The van der Waals surface area contributed by atoms with Gasteiger partial charge in [0.05, 0.1) is 6.04 Å². The Morgan fingerprint density at radius 2 is 1.79 bits per heavy atom. The molecule has 0 amide bonds. The van der Waals surface area contributed by atoms with E-state index >= 15 is 0 Å². The van der Waals surface area contributed by atoms with E-state index in [1.807, 2.05) is 31.2 Å². The zero-order valence-electron chi connectivity index (χ0n) is 11.6.